The molecular weight excluding hydrogens is 340 g/mol. The lowest BCUT2D eigenvalue weighted by atomic mass is 10.1. The standard InChI is InChI=1S/C19H15ClN2O3/c1-12-17(11-13-3-9-16(25-2)10-4-13)19(24)22(21-12)18(23)14-5-7-15(20)8-6-14/h3-11H,1-2H3/b17-11-. The Labute approximate surface area is 150 Å². The van der Waals surface area contributed by atoms with Crippen molar-refractivity contribution in [2.24, 2.45) is 5.10 Å². The zero-order valence-corrected chi connectivity index (χ0v) is 14.4. The summed E-state index contributed by atoms with van der Waals surface area (Å²) in [6.07, 6.45) is 1.70. The first-order chi connectivity index (χ1) is 12.0. The van der Waals surface area contributed by atoms with Crippen LogP contribution in [0, 0.1) is 0 Å². The van der Waals surface area contributed by atoms with Crippen molar-refractivity contribution < 1.29 is 14.3 Å². The van der Waals surface area contributed by atoms with Gasteiger partial charge in [-0.25, -0.2) is 0 Å². The minimum Gasteiger partial charge on any atom is -0.497 e. The average Bonchev–Trinajstić information content (AvgIpc) is 2.90. The number of hydrazone groups is 1. The monoisotopic (exact) mass is 354 g/mol. The van der Waals surface area contributed by atoms with Crippen molar-refractivity contribution in [1.82, 2.24) is 5.01 Å². The van der Waals surface area contributed by atoms with Crippen LogP contribution < -0.4 is 4.74 Å². The van der Waals surface area contributed by atoms with E-state index < -0.39 is 11.8 Å². The maximum atomic E-state index is 12.6. The van der Waals surface area contributed by atoms with Gasteiger partial charge in [-0.1, -0.05) is 23.7 Å². The van der Waals surface area contributed by atoms with E-state index in [0.29, 0.717) is 21.9 Å². The van der Waals surface area contributed by atoms with Crippen LogP contribution in [0.4, 0.5) is 0 Å². The molecule has 0 spiro atoms. The van der Waals surface area contributed by atoms with E-state index in [4.69, 9.17) is 16.3 Å². The summed E-state index contributed by atoms with van der Waals surface area (Å²) < 4.78 is 5.11. The maximum Gasteiger partial charge on any atom is 0.283 e. The number of benzene rings is 2. The quantitative estimate of drug-likeness (QED) is 0.622. The van der Waals surface area contributed by atoms with E-state index in [1.165, 1.54) is 0 Å². The summed E-state index contributed by atoms with van der Waals surface area (Å²) in [5.41, 5.74) is 2.04. The van der Waals surface area contributed by atoms with Gasteiger partial charge in [0.05, 0.1) is 18.4 Å². The first-order valence-corrected chi connectivity index (χ1v) is 7.93. The number of methoxy groups -OCH3 is 1. The third kappa shape index (κ3) is 3.46. The molecule has 5 nitrogen and oxygen atoms in total. The number of ether oxygens (including phenoxy) is 1. The topological polar surface area (TPSA) is 59.0 Å². The number of hydrogen-bond donors (Lipinski definition) is 0. The summed E-state index contributed by atoms with van der Waals surface area (Å²) in [5, 5.41) is 5.51. The van der Waals surface area contributed by atoms with Crippen LogP contribution in [0.25, 0.3) is 6.08 Å². The molecule has 25 heavy (non-hydrogen) atoms. The highest BCUT2D eigenvalue weighted by molar-refractivity contribution is 6.31. The second-order valence-corrected chi connectivity index (χ2v) is 5.88. The van der Waals surface area contributed by atoms with Crippen molar-refractivity contribution in [3.63, 3.8) is 0 Å². The minimum atomic E-state index is -0.487. The Kier molecular flexibility index (Phi) is 4.67. The SMILES string of the molecule is COc1ccc(/C=C2\C(=O)N(C(=O)c3ccc(Cl)cc3)N=C2C)cc1. The third-order valence-corrected chi connectivity index (χ3v) is 4.02. The Hall–Kier alpha value is -2.92. The number of nitrogens with zero attached hydrogens (tertiary/aromatic N) is 2. The molecular formula is C19H15ClN2O3. The molecule has 0 bridgehead atoms. The predicted octanol–water partition coefficient (Wildman–Crippen LogP) is 3.79. The Morgan fingerprint density at radius 1 is 1.12 bits per heavy atom. The largest absolute Gasteiger partial charge is 0.497 e. The van der Waals surface area contributed by atoms with E-state index >= 15 is 0 Å². The van der Waals surface area contributed by atoms with E-state index in [1.807, 2.05) is 12.1 Å². The summed E-state index contributed by atoms with van der Waals surface area (Å²) >= 11 is 5.83. The summed E-state index contributed by atoms with van der Waals surface area (Å²) in [6.45, 7) is 1.70. The lowest BCUT2D eigenvalue weighted by Gasteiger charge is -2.09. The van der Waals surface area contributed by atoms with Gasteiger partial charge in [-0.05, 0) is 55.0 Å². The molecule has 0 unspecified atom stereocenters. The van der Waals surface area contributed by atoms with Crippen LogP contribution in [0.5, 0.6) is 5.75 Å². The third-order valence-electron chi connectivity index (χ3n) is 3.77. The van der Waals surface area contributed by atoms with Crippen LogP contribution >= 0.6 is 11.6 Å². The van der Waals surface area contributed by atoms with Crippen LogP contribution in [-0.2, 0) is 4.79 Å². The zero-order chi connectivity index (χ0) is 18.0. The van der Waals surface area contributed by atoms with Crippen LogP contribution in [0.15, 0.2) is 59.2 Å². The smallest absolute Gasteiger partial charge is 0.283 e. The Morgan fingerprint density at radius 2 is 1.76 bits per heavy atom. The molecule has 0 aromatic heterocycles. The summed E-state index contributed by atoms with van der Waals surface area (Å²) in [4.78, 5) is 25.1. The van der Waals surface area contributed by atoms with Crippen LogP contribution in [0.3, 0.4) is 0 Å². The van der Waals surface area contributed by atoms with Gasteiger partial charge in [-0.15, -0.1) is 0 Å². The highest BCUT2D eigenvalue weighted by Gasteiger charge is 2.32. The molecule has 0 aliphatic carbocycles. The van der Waals surface area contributed by atoms with Gasteiger partial charge < -0.3 is 4.74 Å². The second-order valence-electron chi connectivity index (χ2n) is 5.45. The Bertz CT molecular complexity index is 884. The van der Waals surface area contributed by atoms with Gasteiger partial charge in [-0.2, -0.15) is 10.1 Å². The molecule has 0 saturated heterocycles. The van der Waals surface area contributed by atoms with Crippen molar-refractivity contribution in [2.75, 3.05) is 7.11 Å². The molecule has 0 saturated carbocycles. The van der Waals surface area contributed by atoms with Gasteiger partial charge in [0, 0.05) is 10.6 Å². The Balaban J connectivity index is 1.86. The first kappa shape index (κ1) is 16.9. The number of carbonyl (C=O) groups is 2. The average molecular weight is 355 g/mol. The molecule has 1 aliphatic rings. The van der Waals surface area contributed by atoms with E-state index in [2.05, 4.69) is 5.10 Å². The number of amides is 2. The van der Waals surface area contributed by atoms with E-state index in [1.54, 1.807) is 56.5 Å². The lowest BCUT2D eigenvalue weighted by molar-refractivity contribution is -0.123. The Morgan fingerprint density at radius 3 is 2.36 bits per heavy atom. The number of carbonyl (C=O) groups excluding carboxylic acids is 2. The predicted molar refractivity (Wildman–Crippen MR) is 96.7 cm³/mol. The van der Waals surface area contributed by atoms with Gasteiger partial charge in [0.1, 0.15) is 5.75 Å². The molecule has 0 N–H and O–H groups in total. The minimum absolute atomic E-state index is 0.347. The fraction of sp³-hybridized carbons (Fsp3) is 0.105. The molecule has 1 aliphatic heterocycles. The van der Waals surface area contributed by atoms with E-state index in [9.17, 15) is 9.59 Å². The molecule has 2 amide bonds. The van der Waals surface area contributed by atoms with Crippen molar-refractivity contribution in [1.29, 1.82) is 0 Å². The van der Waals surface area contributed by atoms with Crippen molar-refractivity contribution in [3.05, 3.63) is 70.3 Å². The normalized spacial score (nSPS) is 15.5. The van der Waals surface area contributed by atoms with Crippen LogP contribution in [0.1, 0.15) is 22.8 Å². The molecule has 0 radical (unpaired) electrons. The van der Waals surface area contributed by atoms with Crippen molar-refractivity contribution >= 4 is 35.2 Å². The van der Waals surface area contributed by atoms with Gasteiger partial charge in [-0.3, -0.25) is 9.59 Å². The fourth-order valence-electron chi connectivity index (χ4n) is 2.40. The number of imide groups is 1. The number of hydrogen-bond acceptors (Lipinski definition) is 4. The molecule has 0 atom stereocenters. The molecule has 2 aromatic rings. The van der Waals surface area contributed by atoms with Crippen LogP contribution in [-0.4, -0.2) is 29.6 Å². The highest BCUT2D eigenvalue weighted by Crippen LogP contribution is 2.22. The number of halogens is 1. The van der Waals surface area contributed by atoms with Crippen molar-refractivity contribution in [2.45, 2.75) is 6.92 Å². The van der Waals surface area contributed by atoms with Crippen molar-refractivity contribution in [3.8, 4) is 5.75 Å². The molecule has 3 rings (SSSR count). The van der Waals surface area contributed by atoms with Gasteiger partial charge in [0.25, 0.3) is 11.8 Å². The van der Waals surface area contributed by atoms with Gasteiger partial charge >= 0.3 is 0 Å². The van der Waals surface area contributed by atoms with Gasteiger partial charge in [0.2, 0.25) is 0 Å². The van der Waals surface area contributed by atoms with Crippen LogP contribution in [0.2, 0.25) is 5.02 Å². The first-order valence-electron chi connectivity index (χ1n) is 7.55. The zero-order valence-electron chi connectivity index (χ0n) is 13.7. The van der Waals surface area contributed by atoms with Gasteiger partial charge in [0.15, 0.2) is 0 Å². The summed E-state index contributed by atoms with van der Waals surface area (Å²) in [7, 11) is 1.59. The second kappa shape index (κ2) is 6.91. The molecule has 2 aromatic carbocycles. The summed E-state index contributed by atoms with van der Waals surface area (Å²) in [5.74, 6) is -0.211. The molecule has 126 valence electrons. The lowest BCUT2D eigenvalue weighted by Crippen LogP contribution is -2.29. The fourth-order valence-corrected chi connectivity index (χ4v) is 2.53. The number of rotatable bonds is 3. The maximum absolute atomic E-state index is 12.6. The highest BCUT2D eigenvalue weighted by atomic mass is 35.5. The van der Waals surface area contributed by atoms with E-state index in [0.717, 1.165) is 16.3 Å². The summed E-state index contributed by atoms with van der Waals surface area (Å²) in [6, 6.07) is 13.6. The van der Waals surface area contributed by atoms with E-state index in [-0.39, 0.29) is 0 Å². The molecule has 0 fully saturated rings. The molecule has 1 heterocycles. The molecule has 6 heteroatoms.